The number of aryl methyl sites for hydroxylation is 1. The van der Waals surface area contributed by atoms with E-state index in [-0.39, 0.29) is 13.2 Å². The molecule has 0 amide bonds. The highest BCUT2D eigenvalue weighted by Gasteiger charge is 2.04. The normalized spacial score (nSPS) is 10.2. The number of ether oxygens (including phenoxy) is 1. The molecule has 88 valence electrons. The van der Waals surface area contributed by atoms with E-state index in [1.165, 1.54) is 0 Å². The second kappa shape index (κ2) is 5.31. The predicted molar refractivity (Wildman–Crippen MR) is 60.4 cm³/mol. The van der Waals surface area contributed by atoms with Crippen molar-refractivity contribution in [3.05, 3.63) is 30.1 Å². The number of benzene rings is 1. The summed E-state index contributed by atoms with van der Waals surface area (Å²) in [6.45, 7) is 1.97. The van der Waals surface area contributed by atoms with Crippen molar-refractivity contribution in [1.29, 1.82) is 0 Å². The van der Waals surface area contributed by atoms with Crippen LogP contribution in [0.5, 0.6) is 5.75 Å². The van der Waals surface area contributed by atoms with Gasteiger partial charge < -0.3 is 9.84 Å². The molecule has 0 atom stereocenters. The maximum atomic E-state index is 8.67. The quantitative estimate of drug-likeness (QED) is 0.832. The van der Waals surface area contributed by atoms with E-state index >= 15 is 0 Å². The molecule has 0 saturated heterocycles. The van der Waals surface area contributed by atoms with Crippen molar-refractivity contribution in [2.75, 3.05) is 13.2 Å². The second-order valence-corrected chi connectivity index (χ2v) is 3.37. The van der Waals surface area contributed by atoms with Gasteiger partial charge >= 0.3 is 0 Å². The fourth-order valence-corrected chi connectivity index (χ4v) is 1.28. The van der Waals surface area contributed by atoms with Crippen molar-refractivity contribution in [1.82, 2.24) is 20.4 Å². The van der Waals surface area contributed by atoms with Crippen LogP contribution in [-0.4, -0.2) is 38.7 Å². The van der Waals surface area contributed by atoms with Crippen LogP contribution in [-0.2, 0) is 0 Å². The molecule has 0 bridgehead atoms. The Balaban J connectivity index is 2.23. The minimum Gasteiger partial charge on any atom is -0.491 e. The van der Waals surface area contributed by atoms with Gasteiger partial charge in [-0.15, -0.1) is 20.4 Å². The summed E-state index contributed by atoms with van der Waals surface area (Å²) in [7, 11) is 0. The van der Waals surface area contributed by atoms with Gasteiger partial charge in [-0.25, -0.2) is 0 Å². The van der Waals surface area contributed by atoms with E-state index in [0.717, 1.165) is 5.56 Å². The molecule has 0 aliphatic carbocycles. The Bertz CT molecular complexity index is 487. The SMILES string of the molecule is Cc1nnc(-c2cccc(OCCO)c2)nn1. The topological polar surface area (TPSA) is 81.0 Å². The monoisotopic (exact) mass is 232 g/mol. The number of aliphatic hydroxyl groups is 1. The largest absolute Gasteiger partial charge is 0.491 e. The lowest BCUT2D eigenvalue weighted by Crippen LogP contribution is -2.02. The lowest BCUT2D eigenvalue weighted by Gasteiger charge is -2.05. The molecular formula is C11H12N4O2. The summed E-state index contributed by atoms with van der Waals surface area (Å²) in [6.07, 6.45) is 0. The number of rotatable bonds is 4. The summed E-state index contributed by atoms with van der Waals surface area (Å²) in [5.41, 5.74) is 0.778. The van der Waals surface area contributed by atoms with Crippen LogP contribution in [0, 0.1) is 6.92 Å². The molecule has 2 aromatic rings. The number of aliphatic hydroxyl groups excluding tert-OH is 1. The van der Waals surface area contributed by atoms with Gasteiger partial charge in [-0.2, -0.15) is 0 Å². The van der Waals surface area contributed by atoms with Crippen molar-refractivity contribution in [2.45, 2.75) is 6.92 Å². The van der Waals surface area contributed by atoms with E-state index < -0.39 is 0 Å². The highest BCUT2D eigenvalue weighted by atomic mass is 16.5. The fourth-order valence-electron chi connectivity index (χ4n) is 1.28. The Morgan fingerprint density at radius 1 is 1.18 bits per heavy atom. The number of nitrogens with zero attached hydrogens (tertiary/aromatic N) is 4. The molecule has 0 saturated carbocycles. The van der Waals surface area contributed by atoms with Crippen molar-refractivity contribution in [3.8, 4) is 17.1 Å². The van der Waals surface area contributed by atoms with Gasteiger partial charge in [0.25, 0.3) is 0 Å². The zero-order valence-corrected chi connectivity index (χ0v) is 9.37. The molecule has 6 nitrogen and oxygen atoms in total. The molecule has 1 aromatic heterocycles. The molecule has 0 fully saturated rings. The van der Waals surface area contributed by atoms with Crippen molar-refractivity contribution in [2.24, 2.45) is 0 Å². The summed E-state index contributed by atoms with van der Waals surface area (Å²) >= 11 is 0. The highest BCUT2D eigenvalue weighted by molar-refractivity contribution is 5.56. The Kier molecular flexibility index (Phi) is 3.56. The number of aromatic nitrogens is 4. The molecule has 2 rings (SSSR count). The standard InChI is InChI=1S/C11H12N4O2/c1-8-12-14-11(15-13-8)9-3-2-4-10(7-9)17-6-5-16/h2-4,7,16H,5-6H2,1H3. The Labute approximate surface area is 98.3 Å². The Hall–Kier alpha value is -2.08. The van der Waals surface area contributed by atoms with Crippen molar-refractivity contribution >= 4 is 0 Å². The van der Waals surface area contributed by atoms with Gasteiger partial charge in [0.1, 0.15) is 12.4 Å². The predicted octanol–water partition coefficient (Wildman–Crippen LogP) is 0.613. The maximum Gasteiger partial charge on any atom is 0.203 e. The first-order chi connectivity index (χ1) is 8.29. The van der Waals surface area contributed by atoms with Gasteiger partial charge in [-0.1, -0.05) is 12.1 Å². The lowest BCUT2D eigenvalue weighted by molar-refractivity contribution is 0.201. The van der Waals surface area contributed by atoms with Gasteiger partial charge in [0, 0.05) is 5.56 Å². The first-order valence-corrected chi connectivity index (χ1v) is 5.17. The molecule has 0 aliphatic heterocycles. The van der Waals surface area contributed by atoms with Gasteiger partial charge in [0.2, 0.25) is 5.82 Å². The Morgan fingerprint density at radius 2 is 1.94 bits per heavy atom. The van der Waals surface area contributed by atoms with Crippen LogP contribution in [0.4, 0.5) is 0 Å². The molecule has 17 heavy (non-hydrogen) atoms. The zero-order chi connectivity index (χ0) is 12.1. The van der Waals surface area contributed by atoms with Gasteiger partial charge in [0.05, 0.1) is 6.61 Å². The van der Waals surface area contributed by atoms with Gasteiger partial charge in [-0.05, 0) is 19.1 Å². The van der Waals surface area contributed by atoms with E-state index in [1.54, 1.807) is 19.1 Å². The van der Waals surface area contributed by atoms with Crippen molar-refractivity contribution in [3.63, 3.8) is 0 Å². The first-order valence-electron chi connectivity index (χ1n) is 5.17. The van der Waals surface area contributed by atoms with Crippen LogP contribution in [0.2, 0.25) is 0 Å². The van der Waals surface area contributed by atoms with Gasteiger partial charge in [-0.3, -0.25) is 0 Å². The molecular weight excluding hydrogens is 220 g/mol. The Morgan fingerprint density at radius 3 is 2.65 bits per heavy atom. The molecule has 0 radical (unpaired) electrons. The molecule has 1 N–H and O–H groups in total. The third kappa shape index (κ3) is 2.94. The number of hydrogen-bond acceptors (Lipinski definition) is 6. The molecule has 1 aromatic carbocycles. The smallest absolute Gasteiger partial charge is 0.203 e. The molecule has 0 aliphatic rings. The van der Waals surface area contributed by atoms with Crippen molar-refractivity contribution < 1.29 is 9.84 Å². The first kappa shape index (κ1) is 11.4. The van der Waals surface area contributed by atoms with Crippen LogP contribution in [0.15, 0.2) is 24.3 Å². The summed E-state index contributed by atoms with van der Waals surface area (Å²) in [5, 5.41) is 24.2. The summed E-state index contributed by atoms with van der Waals surface area (Å²) in [5.74, 6) is 1.63. The van der Waals surface area contributed by atoms with Crippen LogP contribution in [0.25, 0.3) is 11.4 Å². The lowest BCUT2D eigenvalue weighted by atomic mass is 10.2. The second-order valence-electron chi connectivity index (χ2n) is 3.37. The van der Waals surface area contributed by atoms with E-state index in [9.17, 15) is 0 Å². The number of hydrogen-bond donors (Lipinski definition) is 1. The minimum atomic E-state index is -0.0195. The maximum absolute atomic E-state index is 8.67. The molecule has 1 heterocycles. The molecule has 0 spiro atoms. The van der Waals surface area contributed by atoms with E-state index in [4.69, 9.17) is 9.84 Å². The van der Waals surface area contributed by atoms with Crippen LogP contribution >= 0.6 is 0 Å². The van der Waals surface area contributed by atoms with Crippen LogP contribution < -0.4 is 4.74 Å². The van der Waals surface area contributed by atoms with E-state index in [0.29, 0.717) is 17.4 Å². The third-order valence-corrected chi connectivity index (χ3v) is 2.03. The molecule has 0 unspecified atom stereocenters. The van der Waals surface area contributed by atoms with Crippen LogP contribution in [0.1, 0.15) is 5.82 Å². The summed E-state index contributed by atoms with van der Waals surface area (Å²) in [4.78, 5) is 0. The zero-order valence-electron chi connectivity index (χ0n) is 9.37. The minimum absolute atomic E-state index is 0.0195. The summed E-state index contributed by atoms with van der Waals surface area (Å²) in [6, 6.07) is 7.25. The van der Waals surface area contributed by atoms with E-state index in [1.807, 2.05) is 12.1 Å². The highest BCUT2D eigenvalue weighted by Crippen LogP contribution is 2.19. The average Bonchev–Trinajstić information content (AvgIpc) is 2.37. The summed E-state index contributed by atoms with van der Waals surface area (Å²) < 4.78 is 5.29. The third-order valence-electron chi connectivity index (χ3n) is 2.03. The fraction of sp³-hybridized carbons (Fsp3) is 0.273. The average molecular weight is 232 g/mol. The van der Waals surface area contributed by atoms with Gasteiger partial charge in [0.15, 0.2) is 5.82 Å². The van der Waals surface area contributed by atoms with E-state index in [2.05, 4.69) is 20.4 Å². The van der Waals surface area contributed by atoms with Crippen LogP contribution in [0.3, 0.4) is 0 Å². The molecule has 6 heteroatoms.